The molecular weight excluding hydrogens is 192 g/mol. The van der Waals surface area contributed by atoms with Gasteiger partial charge in [-0.05, 0) is 26.0 Å². The van der Waals surface area contributed by atoms with E-state index in [9.17, 15) is 4.79 Å². The molecule has 1 N–H and O–H groups in total. The van der Waals surface area contributed by atoms with Crippen molar-refractivity contribution in [2.75, 3.05) is 0 Å². The summed E-state index contributed by atoms with van der Waals surface area (Å²) in [6.45, 7) is 4.16. The first-order valence-corrected chi connectivity index (χ1v) is 5.99. The van der Waals surface area contributed by atoms with Crippen LogP contribution in [0.3, 0.4) is 0 Å². The summed E-state index contributed by atoms with van der Waals surface area (Å²) in [5.74, 6) is -0.860. The van der Waals surface area contributed by atoms with Gasteiger partial charge in [0.15, 0.2) is 0 Å². The fraction of sp³-hybridized carbons (Fsp3) is 0.182. The van der Waals surface area contributed by atoms with Crippen LogP contribution in [0.25, 0.3) is 0 Å². The molecule has 74 valence electrons. The number of rotatable bonds is 3. The van der Waals surface area contributed by atoms with Crippen molar-refractivity contribution in [3.05, 3.63) is 41.1 Å². The lowest BCUT2D eigenvalue weighted by Crippen LogP contribution is -2.15. The molecule has 0 aromatic heterocycles. The maximum absolute atomic E-state index is 10.6. The molecule has 0 amide bonds. The smallest absolute Gasteiger partial charge is 0.335 e. The van der Waals surface area contributed by atoms with Crippen molar-refractivity contribution in [3.63, 3.8) is 0 Å². The van der Waals surface area contributed by atoms with Gasteiger partial charge in [0, 0.05) is 0 Å². The van der Waals surface area contributed by atoms with E-state index in [1.165, 1.54) is 10.4 Å². The Kier molecular flexibility index (Phi) is 3.65. The van der Waals surface area contributed by atoms with Crippen molar-refractivity contribution in [2.24, 2.45) is 0 Å². The monoisotopic (exact) mass is 206 g/mol. The average Bonchev–Trinajstić information content (AvgIpc) is 2.18. The van der Waals surface area contributed by atoms with Gasteiger partial charge in [0.1, 0.15) is 0 Å². The summed E-state index contributed by atoms with van der Waals surface area (Å²) in [7, 11) is -0.359. The lowest BCUT2D eigenvalue weighted by atomic mass is 10.2. The van der Waals surface area contributed by atoms with E-state index in [1.54, 1.807) is 12.1 Å². The zero-order valence-corrected chi connectivity index (χ0v) is 9.86. The molecule has 0 saturated heterocycles. The molecule has 2 nitrogen and oxygen atoms in total. The Bertz CT molecular complexity index is 352. The number of allylic oxidation sites excluding steroid dienone is 2. The maximum Gasteiger partial charge on any atom is 0.335 e. The number of benzene rings is 1. The van der Waals surface area contributed by atoms with E-state index >= 15 is 0 Å². The van der Waals surface area contributed by atoms with Crippen LogP contribution in [0.1, 0.15) is 24.2 Å². The number of carbonyl (C=O) groups is 1. The lowest BCUT2D eigenvalue weighted by molar-refractivity contribution is 0.0697. The summed E-state index contributed by atoms with van der Waals surface area (Å²) < 4.78 is 0. The molecule has 1 rings (SSSR count). The number of hydrogen-bond acceptors (Lipinski definition) is 1. The van der Waals surface area contributed by atoms with Crippen LogP contribution in [-0.2, 0) is 0 Å². The molecule has 1 aromatic rings. The van der Waals surface area contributed by atoms with Crippen molar-refractivity contribution in [2.45, 2.75) is 13.8 Å². The van der Waals surface area contributed by atoms with Crippen molar-refractivity contribution >= 4 is 20.7 Å². The second kappa shape index (κ2) is 4.76. The lowest BCUT2D eigenvalue weighted by Gasteiger charge is -2.00. The van der Waals surface area contributed by atoms with E-state index in [4.69, 9.17) is 5.11 Å². The summed E-state index contributed by atoms with van der Waals surface area (Å²) in [6, 6.07) is 7.19. The fourth-order valence-electron chi connectivity index (χ4n) is 1.19. The summed E-state index contributed by atoms with van der Waals surface area (Å²) in [5, 5.41) is 11.4. The van der Waals surface area contributed by atoms with Crippen LogP contribution in [0.4, 0.5) is 0 Å². The standard InChI is InChI=1S/C11H14O2Si/c1-3-8(2)14-10-6-4-9(5-7-10)11(12)13/h3-7H,14H2,1-2H3,(H,12,13). The van der Waals surface area contributed by atoms with Crippen molar-refractivity contribution in [3.8, 4) is 0 Å². The average molecular weight is 206 g/mol. The number of hydrogen-bond donors (Lipinski definition) is 1. The van der Waals surface area contributed by atoms with Gasteiger partial charge in [0.05, 0.1) is 15.1 Å². The molecule has 0 bridgehead atoms. The maximum atomic E-state index is 10.6. The zero-order chi connectivity index (χ0) is 10.6. The van der Waals surface area contributed by atoms with Gasteiger partial charge >= 0.3 is 5.97 Å². The molecule has 0 fully saturated rings. The molecule has 0 unspecified atom stereocenters. The third kappa shape index (κ3) is 2.85. The number of carboxylic acids is 1. The van der Waals surface area contributed by atoms with Gasteiger partial charge in [-0.3, -0.25) is 0 Å². The minimum Gasteiger partial charge on any atom is -0.478 e. The summed E-state index contributed by atoms with van der Waals surface area (Å²) in [6.07, 6.45) is 2.12. The summed E-state index contributed by atoms with van der Waals surface area (Å²) in [4.78, 5) is 10.6. The third-order valence-electron chi connectivity index (χ3n) is 2.18. The number of aromatic carboxylic acids is 1. The van der Waals surface area contributed by atoms with Gasteiger partial charge in [-0.25, -0.2) is 4.79 Å². The molecule has 0 aliphatic rings. The third-order valence-corrected chi connectivity index (χ3v) is 4.02. The van der Waals surface area contributed by atoms with Gasteiger partial charge < -0.3 is 5.11 Å². The predicted octanol–water partition coefficient (Wildman–Crippen LogP) is 1.10. The first-order valence-electron chi connectivity index (χ1n) is 4.57. The molecule has 0 aliphatic heterocycles. The number of carboxylic acid groups (broad SMARTS) is 1. The highest BCUT2D eigenvalue weighted by Crippen LogP contribution is 1.97. The van der Waals surface area contributed by atoms with Crippen molar-refractivity contribution in [1.29, 1.82) is 0 Å². The zero-order valence-electron chi connectivity index (χ0n) is 8.45. The molecule has 1 aromatic carbocycles. The van der Waals surface area contributed by atoms with E-state index in [2.05, 4.69) is 13.0 Å². The molecular formula is C11H14O2Si. The Morgan fingerprint density at radius 1 is 1.36 bits per heavy atom. The van der Waals surface area contributed by atoms with Crippen LogP contribution < -0.4 is 5.19 Å². The minimum atomic E-state index is -0.860. The molecule has 0 radical (unpaired) electrons. The van der Waals surface area contributed by atoms with Crippen LogP contribution in [0.15, 0.2) is 35.5 Å². The van der Waals surface area contributed by atoms with Crippen LogP contribution in [0, 0.1) is 0 Å². The van der Waals surface area contributed by atoms with Crippen LogP contribution in [0.2, 0.25) is 0 Å². The molecule has 0 heterocycles. The van der Waals surface area contributed by atoms with Gasteiger partial charge in [0.25, 0.3) is 0 Å². The summed E-state index contributed by atoms with van der Waals surface area (Å²) >= 11 is 0. The molecule has 0 atom stereocenters. The van der Waals surface area contributed by atoms with Crippen LogP contribution in [0.5, 0.6) is 0 Å². The van der Waals surface area contributed by atoms with E-state index in [-0.39, 0.29) is 9.52 Å². The normalized spacial score (nSPS) is 12.3. The second-order valence-corrected chi connectivity index (χ2v) is 5.60. The Morgan fingerprint density at radius 2 is 1.93 bits per heavy atom. The largest absolute Gasteiger partial charge is 0.478 e. The van der Waals surface area contributed by atoms with E-state index < -0.39 is 5.97 Å². The van der Waals surface area contributed by atoms with Crippen molar-refractivity contribution in [1.82, 2.24) is 0 Å². The molecule has 0 saturated carbocycles. The van der Waals surface area contributed by atoms with Gasteiger partial charge in [-0.15, -0.1) is 0 Å². The topological polar surface area (TPSA) is 37.3 Å². The Morgan fingerprint density at radius 3 is 2.36 bits per heavy atom. The van der Waals surface area contributed by atoms with Crippen LogP contribution in [-0.4, -0.2) is 20.6 Å². The Labute approximate surface area is 86.1 Å². The second-order valence-electron chi connectivity index (χ2n) is 3.31. The van der Waals surface area contributed by atoms with Gasteiger partial charge in [0.2, 0.25) is 0 Å². The fourth-order valence-corrected chi connectivity index (χ4v) is 2.51. The van der Waals surface area contributed by atoms with E-state index in [0.717, 1.165) is 0 Å². The highest BCUT2D eigenvalue weighted by molar-refractivity contribution is 6.60. The first-order chi connectivity index (χ1) is 6.63. The highest BCUT2D eigenvalue weighted by Gasteiger charge is 2.01. The first kappa shape index (κ1) is 10.7. The van der Waals surface area contributed by atoms with Gasteiger partial charge in [-0.2, -0.15) is 0 Å². The molecule has 0 spiro atoms. The molecule has 3 heteroatoms. The van der Waals surface area contributed by atoms with Crippen molar-refractivity contribution < 1.29 is 9.90 Å². The SMILES string of the molecule is CC=C(C)[SiH2]c1ccc(C(=O)O)cc1. The summed E-state index contributed by atoms with van der Waals surface area (Å²) in [5.41, 5.74) is 0.362. The van der Waals surface area contributed by atoms with E-state index in [0.29, 0.717) is 5.56 Å². The quantitative estimate of drug-likeness (QED) is 0.752. The Balaban J connectivity index is 2.79. The molecule has 0 aliphatic carbocycles. The highest BCUT2D eigenvalue weighted by atomic mass is 28.2. The Hall–Kier alpha value is -1.35. The van der Waals surface area contributed by atoms with E-state index in [1.807, 2.05) is 19.1 Å². The van der Waals surface area contributed by atoms with Crippen LogP contribution >= 0.6 is 0 Å². The minimum absolute atomic E-state index is 0.359. The molecule has 14 heavy (non-hydrogen) atoms. The van der Waals surface area contributed by atoms with Gasteiger partial charge in [-0.1, -0.05) is 28.6 Å². The predicted molar refractivity (Wildman–Crippen MR) is 61.0 cm³/mol.